The number of para-hydroxylation sites is 2. The highest BCUT2D eigenvalue weighted by molar-refractivity contribution is 8.00. The molecule has 35 heavy (non-hydrogen) atoms. The Bertz CT molecular complexity index is 1240. The molecule has 1 heterocycles. The molecule has 0 radical (unpaired) electrons. The van der Waals surface area contributed by atoms with Crippen LogP contribution in [0.3, 0.4) is 0 Å². The van der Waals surface area contributed by atoms with Crippen molar-refractivity contribution in [1.29, 1.82) is 0 Å². The average Bonchev–Trinajstić information content (AvgIpc) is 3.27. The predicted molar refractivity (Wildman–Crippen MR) is 145 cm³/mol. The molecule has 0 aliphatic heterocycles. The van der Waals surface area contributed by atoms with E-state index in [1.54, 1.807) is 4.90 Å². The second kappa shape index (κ2) is 11.4. The van der Waals surface area contributed by atoms with E-state index in [1.807, 2.05) is 104 Å². The molecule has 4 rings (SSSR count). The van der Waals surface area contributed by atoms with E-state index in [2.05, 4.69) is 15.5 Å². The van der Waals surface area contributed by atoms with Gasteiger partial charge in [0.25, 0.3) is 0 Å². The van der Waals surface area contributed by atoms with Crippen molar-refractivity contribution in [2.75, 3.05) is 10.2 Å². The number of benzene rings is 3. The number of nitrogens with one attached hydrogen (secondary N) is 1. The lowest BCUT2D eigenvalue weighted by Gasteiger charge is -2.25. The van der Waals surface area contributed by atoms with Crippen molar-refractivity contribution >= 4 is 46.3 Å². The maximum Gasteiger partial charge on any atom is 0.244 e. The summed E-state index contributed by atoms with van der Waals surface area (Å²) in [6.45, 7) is 7.13. The number of thioether (sulfide) groups is 1. The number of aromatic nitrogens is 3. The first-order valence-electron chi connectivity index (χ1n) is 11.5. The van der Waals surface area contributed by atoms with Gasteiger partial charge in [-0.1, -0.05) is 65.8 Å². The van der Waals surface area contributed by atoms with Crippen LogP contribution in [0.1, 0.15) is 25.2 Å². The molecule has 1 aromatic heterocycles. The normalized spacial score (nSPS) is 11.8. The summed E-state index contributed by atoms with van der Waals surface area (Å²) >= 11 is 7.66. The number of hydrogen-bond acceptors (Lipinski definition) is 5. The number of carbonyl (C=O) groups is 1. The molecule has 1 N–H and O–H groups in total. The third kappa shape index (κ3) is 5.86. The second-order valence-corrected chi connectivity index (χ2v) is 9.78. The number of anilines is 3. The fourth-order valence-corrected chi connectivity index (χ4v) is 4.84. The Kier molecular flexibility index (Phi) is 8.10. The summed E-state index contributed by atoms with van der Waals surface area (Å²) < 4.78 is 2.03. The number of carbonyl (C=O) groups excluding carboxylic acids is 1. The van der Waals surface area contributed by atoms with Gasteiger partial charge in [0.2, 0.25) is 5.91 Å². The van der Waals surface area contributed by atoms with E-state index in [-0.39, 0.29) is 11.2 Å². The van der Waals surface area contributed by atoms with Gasteiger partial charge in [0.15, 0.2) is 11.0 Å². The Morgan fingerprint density at radius 3 is 2.23 bits per heavy atom. The number of aryl methyl sites for hydroxylation is 1. The lowest BCUT2D eigenvalue weighted by Crippen LogP contribution is -2.33. The second-order valence-electron chi connectivity index (χ2n) is 8.07. The van der Waals surface area contributed by atoms with Crippen LogP contribution < -0.4 is 10.2 Å². The van der Waals surface area contributed by atoms with E-state index in [0.29, 0.717) is 18.2 Å². The first kappa shape index (κ1) is 24.8. The smallest absolute Gasteiger partial charge is 0.244 e. The molecule has 1 atom stereocenters. The van der Waals surface area contributed by atoms with E-state index < -0.39 is 0 Å². The number of amides is 1. The first-order valence-corrected chi connectivity index (χ1v) is 12.8. The van der Waals surface area contributed by atoms with Crippen LogP contribution in [-0.2, 0) is 17.9 Å². The average molecular weight is 506 g/mol. The van der Waals surface area contributed by atoms with Gasteiger partial charge in [-0.3, -0.25) is 9.69 Å². The maximum atomic E-state index is 13.6. The van der Waals surface area contributed by atoms with Crippen molar-refractivity contribution in [3.05, 3.63) is 95.3 Å². The van der Waals surface area contributed by atoms with Crippen LogP contribution in [0.2, 0.25) is 5.02 Å². The highest BCUT2D eigenvalue weighted by Crippen LogP contribution is 2.31. The van der Waals surface area contributed by atoms with Crippen molar-refractivity contribution in [3.8, 4) is 0 Å². The summed E-state index contributed by atoms with van der Waals surface area (Å²) in [4.78, 5) is 15.4. The molecule has 8 heteroatoms. The van der Waals surface area contributed by atoms with Crippen LogP contribution in [-0.4, -0.2) is 25.9 Å². The predicted octanol–water partition coefficient (Wildman–Crippen LogP) is 6.72. The van der Waals surface area contributed by atoms with E-state index >= 15 is 0 Å². The standard InChI is InChI=1S/C27H28ClN5OS/c1-4-32-25(18-29-21-16-15-19(2)24(28)17-21)30-31-27(32)35-20(3)26(34)33(22-11-7-5-8-12-22)23-13-9-6-10-14-23/h5-17,20,29H,4,18H2,1-3H3/t20-/m0/s1. The minimum Gasteiger partial charge on any atom is -0.378 e. The van der Waals surface area contributed by atoms with Crippen molar-refractivity contribution in [2.24, 2.45) is 0 Å². The fraction of sp³-hybridized carbons (Fsp3) is 0.222. The minimum atomic E-state index is -0.373. The number of hydrogen-bond donors (Lipinski definition) is 1. The zero-order chi connectivity index (χ0) is 24.8. The maximum absolute atomic E-state index is 13.6. The number of rotatable bonds is 9. The third-order valence-corrected chi connectivity index (χ3v) is 7.09. The Morgan fingerprint density at radius 2 is 1.66 bits per heavy atom. The Morgan fingerprint density at radius 1 is 1.03 bits per heavy atom. The van der Waals surface area contributed by atoms with Crippen LogP contribution in [0, 0.1) is 6.92 Å². The molecule has 0 saturated heterocycles. The molecule has 0 bridgehead atoms. The van der Waals surface area contributed by atoms with Gasteiger partial charge in [0.05, 0.1) is 11.8 Å². The number of halogens is 1. The number of nitrogens with zero attached hydrogens (tertiary/aromatic N) is 4. The van der Waals surface area contributed by atoms with Gasteiger partial charge in [0, 0.05) is 28.6 Å². The molecule has 1 amide bonds. The van der Waals surface area contributed by atoms with E-state index in [4.69, 9.17) is 11.6 Å². The molecule has 0 fully saturated rings. The van der Waals surface area contributed by atoms with Gasteiger partial charge < -0.3 is 9.88 Å². The molecular weight excluding hydrogens is 478 g/mol. The minimum absolute atomic E-state index is 0.0213. The van der Waals surface area contributed by atoms with E-state index in [9.17, 15) is 4.79 Å². The lowest BCUT2D eigenvalue weighted by molar-refractivity contribution is -0.117. The first-order chi connectivity index (χ1) is 17.0. The Balaban J connectivity index is 1.51. The molecular formula is C27H28ClN5OS. The molecule has 0 aliphatic rings. The summed E-state index contributed by atoms with van der Waals surface area (Å²) in [5.74, 6) is 0.779. The molecule has 0 spiro atoms. The van der Waals surface area contributed by atoms with Crippen LogP contribution >= 0.6 is 23.4 Å². The largest absolute Gasteiger partial charge is 0.378 e. The fourth-order valence-electron chi connectivity index (χ4n) is 3.69. The van der Waals surface area contributed by atoms with Gasteiger partial charge in [-0.25, -0.2) is 0 Å². The topological polar surface area (TPSA) is 63.1 Å². The quantitative estimate of drug-likeness (QED) is 0.256. The molecule has 0 aliphatic carbocycles. The zero-order valence-corrected chi connectivity index (χ0v) is 21.6. The summed E-state index contributed by atoms with van der Waals surface area (Å²) in [5, 5.41) is 13.2. The molecule has 3 aromatic carbocycles. The van der Waals surface area contributed by atoms with Gasteiger partial charge >= 0.3 is 0 Å². The van der Waals surface area contributed by atoms with Crippen LogP contribution in [0.25, 0.3) is 0 Å². The summed E-state index contributed by atoms with van der Waals surface area (Å²) in [5.41, 5.74) is 3.61. The highest BCUT2D eigenvalue weighted by atomic mass is 35.5. The summed E-state index contributed by atoms with van der Waals surface area (Å²) in [6, 6.07) is 25.3. The lowest BCUT2D eigenvalue weighted by atomic mass is 10.2. The van der Waals surface area contributed by atoms with Gasteiger partial charge in [0.1, 0.15) is 0 Å². The van der Waals surface area contributed by atoms with Gasteiger partial charge in [-0.2, -0.15) is 0 Å². The van der Waals surface area contributed by atoms with Crippen molar-refractivity contribution in [1.82, 2.24) is 14.8 Å². The van der Waals surface area contributed by atoms with Crippen molar-refractivity contribution in [3.63, 3.8) is 0 Å². The van der Waals surface area contributed by atoms with Gasteiger partial charge in [-0.15, -0.1) is 10.2 Å². The summed E-state index contributed by atoms with van der Waals surface area (Å²) in [6.07, 6.45) is 0. The Labute approximate surface area is 215 Å². The molecule has 6 nitrogen and oxygen atoms in total. The van der Waals surface area contributed by atoms with Crippen molar-refractivity contribution < 1.29 is 4.79 Å². The van der Waals surface area contributed by atoms with Crippen LogP contribution in [0.15, 0.2) is 84.0 Å². The van der Waals surface area contributed by atoms with Crippen LogP contribution in [0.5, 0.6) is 0 Å². The molecule has 4 aromatic rings. The Hall–Kier alpha value is -3.29. The molecule has 180 valence electrons. The summed E-state index contributed by atoms with van der Waals surface area (Å²) in [7, 11) is 0. The highest BCUT2D eigenvalue weighted by Gasteiger charge is 2.26. The zero-order valence-electron chi connectivity index (χ0n) is 20.0. The SMILES string of the molecule is CCn1c(CNc2ccc(C)c(Cl)c2)nnc1S[C@@H](C)C(=O)N(c1ccccc1)c1ccccc1. The molecule has 0 unspecified atom stereocenters. The van der Waals surface area contributed by atoms with Crippen LogP contribution in [0.4, 0.5) is 17.1 Å². The van der Waals surface area contributed by atoms with Crippen molar-refractivity contribution in [2.45, 2.75) is 44.3 Å². The third-order valence-electron chi connectivity index (χ3n) is 5.61. The van der Waals surface area contributed by atoms with E-state index in [0.717, 1.165) is 33.5 Å². The monoisotopic (exact) mass is 505 g/mol. The van der Waals surface area contributed by atoms with Gasteiger partial charge in [-0.05, 0) is 62.7 Å². The van der Waals surface area contributed by atoms with E-state index in [1.165, 1.54) is 11.8 Å². The molecule has 0 saturated carbocycles.